The van der Waals surface area contributed by atoms with Crippen molar-refractivity contribution in [1.29, 1.82) is 0 Å². The molecule has 6 nitrogen and oxygen atoms in total. The highest BCUT2D eigenvalue weighted by molar-refractivity contribution is 7.57. The summed E-state index contributed by atoms with van der Waals surface area (Å²) in [5, 5.41) is 0. The van der Waals surface area contributed by atoms with Crippen LogP contribution in [0.1, 0.15) is 27.7 Å². The Morgan fingerprint density at radius 2 is 1.38 bits per heavy atom. The third-order valence-corrected chi connectivity index (χ3v) is 3.94. The van der Waals surface area contributed by atoms with Gasteiger partial charge in [-0.1, -0.05) is 27.7 Å². The van der Waals surface area contributed by atoms with Gasteiger partial charge in [0.25, 0.3) is 0 Å². The summed E-state index contributed by atoms with van der Waals surface area (Å²) in [7, 11) is -6.96. The normalized spacial score (nSPS) is 15.6. The lowest BCUT2D eigenvalue weighted by Crippen LogP contribution is -1.99. The van der Waals surface area contributed by atoms with E-state index in [4.69, 9.17) is 14.7 Å². The molecule has 0 rings (SSSR count). The predicted molar refractivity (Wildman–Crippen MR) is 63.7 cm³/mol. The van der Waals surface area contributed by atoms with Crippen molar-refractivity contribution in [3.05, 3.63) is 0 Å². The SMILES string of the molecule is CC(C)COP(=O)(O)O.CC(C)P(C)(=O)O. The van der Waals surface area contributed by atoms with Crippen LogP contribution in [0.4, 0.5) is 0 Å². The quantitative estimate of drug-likeness (QED) is 0.679. The summed E-state index contributed by atoms with van der Waals surface area (Å²) >= 11 is 0. The summed E-state index contributed by atoms with van der Waals surface area (Å²) in [5.74, 6) is 0.151. The minimum atomic E-state index is -4.22. The van der Waals surface area contributed by atoms with Crippen LogP contribution in [0.2, 0.25) is 0 Å². The monoisotopic (exact) mass is 276 g/mol. The Hall–Kier alpha value is 0.300. The van der Waals surface area contributed by atoms with Gasteiger partial charge in [-0.3, -0.25) is 9.09 Å². The zero-order chi connectivity index (χ0) is 13.6. The fourth-order valence-corrected chi connectivity index (χ4v) is 0.739. The summed E-state index contributed by atoms with van der Waals surface area (Å²) in [6, 6.07) is 0. The lowest BCUT2D eigenvalue weighted by atomic mass is 10.2. The Morgan fingerprint density at radius 3 is 1.44 bits per heavy atom. The third-order valence-electron chi connectivity index (χ3n) is 1.53. The van der Waals surface area contributed by atoms with Crippen molar-refractivity contribution in [2.24, 2.45) is 5.92 Å². The van der Waals surface area contributed by atoms with E-state index in [9.17, 15) is 9.13 Å². The molecule has 3 N–H and O–H groups in total. The van der Waals surface area contributed by atoms with Gasteiger partial charge in [0.05, 0.1) is 6.61 Å². The summed E-state index contributed by atoms with van der Waals surface area (Å²) in [6.45, 7) is 8.58. The van der Waals surface area contributed by atoms with Crippen molar-refractivity contribution in [1.82, 2.24) is 0 Å². The van der Waals surface area contributed by atoms with Crippen LogP contribution in [0.5, 0.6) is 0 Å². The molecule has 0 bridgehead atoms. The second kappa shape index (κ2) is 7.59. The van der Waals surface area contributed by atoms with Crippen LogP contribution < -0.4 is 0 Å². The number of phosphoric acid groups is 1. The second-order valence-electron chi connectivity index (χ2n) is 4.22. The Kier molecular flexibility index (Phi) is 8.85. The van der Waals surface area contributed by atoms with Crippen LogP contribution in [0.3, 0.4) is 0 Å². The van der Waals surface area contributed by atoms with Gasteiger partial charge in [0.15, 0.2) is 7.37 Å². The van der Waals surface area contributed by atoms with Crippen LogP contribution in [0.25, 0.3) is 0 Å². The van der Waals surface area contributed by atoms with Gasteiger partial charge in [-0.2, -0.15) is 0 Å². The first kappa shape index (κ1) is 18.7. The molecular formula is C8H22O6P2. The topological polar surface area (TPSA) is 104 Å². The minimum absolute atomic E-state index is 0.0903. The number of hydrogen-bond donors (Lipinski definition) is 3. The van der Waals surface area contributed by atoms with E-state index >= 15 is 0 Å². The molecule has 0 aliphatic heterocycles. The molecule has 0 aromatic carbocycles. The van der Waals surface area contributed by atoms with Gasteiger partial charge in [0.2, 0.25) is 0 Å². The molecule has 0 amide bonds. The van der Waals surface area contributed by atoms with Crippen molar-refractivity contribution in [3.63, 3.8) is 0 Å². The van der Waals surface area contributed by atoms with E-state index in [2.05, 4.69) is 4.52 Å². The van der Waals surface area contributed by atoms with E-state index in [1.807, 2.05) is 13.8 Å². The average Bonchev–Trinajstić information content (AvgIpc) is 1.99. The molecule has 100 valence electrons. The van der Waals surface area contributed by atoms with Gasteiger partial charge in [-0.15, -0.1) is 0 Å². The molecule has 0 aromatic rings. The zero-order valence-electron chi connectivity index (χ0n) is 10.3. The Bertz CT molecular complexity index is 264. The van der Waals surface area contributed by atoms with Crippen molar-refractivity contribution < 1.29 is 28.3 Å². The lowest BCUT2D eigenvalue weighted by molar-refractivity contribution is 0.177. The molecule has 1 unspecified atom stereocenters. The van der Waals surface area contributed by atoms with Crippen LogP contribution >= 0.6 is 15.2 Å². The van der Waals surface area contributed by atoms with E-state index < -0.39 is 15.2 Å². The molecule has 1 atom stereocenters. The number of phosphoric ester groups is 1. The van der Waals surface area contributed by atoms with Crippen molar-refractivity contribution in [3.8, 4) is 0 Å². The maximum atomic E-state index is 10.5. The van der Waals surface area contributed by atoms with Gasteiger partial charge in [0.1, 0.15) is 0 Å². The predicted octanol–water partition coefficient (Wildman–Crippen LogP) is 2.05. The molecule has 0 saturated carbocycles. The van der Waals surface area contributed by atoms with E-state index in [1.165, 1.54) is 6.66 Å². The molecule has 0 aliphatic rings. The van der Waals surface area contributed by atoms with E-state index in [0.717, 1.165) is 0 Å². The molecule has 0 heterocycles. The average molecular weight is 276 g/mol. The summed E-state index contributed by atoms with van der Waals surface area (Å²) in [4.78, 5) is 25.0. The molecule has 0 fully saturated rings. The first-order valence-corrected chi connectivity index (χ1v) is 8.57. The van der Waals surface area contributed by atoms with Crippen LogP contribution in [0, 0.1) is 5.92 Å². The molecule has 0 spiro atoms. The molecular weight excluding hydrogens is 254 g/mol. The molecule has 0 radical (unpaired) electrons. The molecule has 0 aliphatic carbocycles. The highest BCUT2D eigenvalue weighted by Gasteiger charge is 2.14. The standard InChI is InChI=1S/C4H11O4P.C4H11O2P/c1-4(2)3-8-9(5,6)7;1-4(2)7(3,5)6/h4H,3H2,1-2H3,(H2,5,6,7);4H,1-3H3,(H,5,6). The summed E-state index contributed by atoms with van der Waals surface area (Å²) in [5.41, 5.74) is -0.0903. The van der Waals surface area contributed by atoms with Crippen LogP contribution in [-0.2, 0) is 13.7 Å². The number of rotatable bonds is 4. The van der Waals surface area contributed by atoms with Gasteiger partial charge >= 0.3 is 7.82 Å². The third kappa shape index (κ3) is 16.7. The minimum Gasteiger partial charge on any atom is -0.344 e. The lowest BCUT2D eigenvalue weighted by Gasteiger charge is -2.06. The molecule has 0 saturated heterocycles. The van der Waals surface area contributed by atoms with Crippen LogP contribution in [-0.4, -0.2) is 33.6 Å². The second-order valence-corrected chi connectivity index (χ2v) is 8.38. The smallest absolute Gasteiger partial charge is 0.344 e. The van der Waals surface area contributed by atoms with Crippen molar-refractivity contribution >= 4 is 15.2 Å². The summed E-state index contributed by atoms with van der Waals surface area (Å²) in [6.07, 6.45) is 0. The Balaban J connectivity index is 0. The van der Waals surface area contributed by atoms with E-state index in [-0.39, 0.29) is 18.2 Å². The van der Waals surface area contributed by atoms with Gasteiger partial charge in [-0.25, -0.2) is 4.57 Å². The largest absolute Gasteiger partial charge is 0.469 e. The fourth-order valence-electron chi connectivity index (χ4n) is 0.246. The van der Waals surface area contributed by atoms with Gasteiger partial charge < -0.3 is 14.7 Å². The van der Waals surface area contributed by atoms with E-state index in [0.29, 0.717) is 0 Å². The Morgan fingerprint density at radius 1 is 1.06 bits per heavy atom. The van der Waals surface area contributed by atoms with E-state index in [1.54, 1.807) is 13.8 Å². The van der Waals surface area contributed by atoms with Crippen molar-refractivity contribution in [2.75, 3.05) is 13.3 Å². The van der Waals surface area contributed by atoms with Crippen LogP contribution in [0.15, 0.2) is 0 Å². The molecule has 8 heteroatoms. The maximum absolute atomic E-state index is 10.5. The van der Waals surface area contributed by atoms with Gasteiger partial charge in [-0.05, 0) is 5.92 Å². The highest BCUT2D eigenvalue weighted by Crippen LogP contribution is 2.40. The zero-order valence-corrected chi connectivity index (χ0v) is 12.1. The fraction of sp³-hybridized carbons (Fsp3) is 1.00. The first-order valence-electron chi connectivity index (χ1n) is 4.86. The number of hydrogen-bond acceptors (Lipinski definition) is 3. The summed E-state index contributed by atoms with van der Waals surface area (Å²) < 4.78 is 24.6. The molecule has 16 heavy (non-hydrogen) atoms. The molecule has 0 aromatic heterocycles. The Labute approximate surface area is 96.7 Å². The maximum Gasteiger partial charge on any atom is 0.469 e. The highest BCUT2D eigenvalue weighted by atomic mass is 31.2. The van der Waals surface area contributed by atoms with Gasteiger partial charge in [0, 0.05) is 12.3 Å². The van der Waals surface area contributed by atoms with Crippen molar-refractivity contribution in [2.45, 2.75) is 33.4 Å². The first-order chi connectivity index (χ1) is 6.86.